The average molecular weight is 191 g/mol. The van der Waals surface area contributed by atoms with Gasteiger partial charge >= 0.3 is 0 Å². The van der Waals surface area contributed by atoms with Gasteiger partial charge in [-0.25, -0.2) is 0 Å². The molecule has 1 aromatic carbocycles. The maximum Gasteiger partial charge on any atom is 0.270 e. The summed E-state index contributed by atoms with van der Waals surface area (Å²) in [4.78, 5) is 22.6. The molecule has 0 saturated carbocycles. The van der Waals surface area contributed by atoms with Crippen LogP contribution in [0.15, 0.2) is 27.8 Å². The lowest BCUT2D eigenvalue weighted by molar-refractivity contribution is 0.976. The van der Waals surface area contributed by atoms with Crippen molar-refractivity contribution in [2.75, 3.05) is 12.4 Å². The third-order valence-electron chi connectivity index (χ3n) is 2.09. The summed E-state index contributed by atoms with van der Waals surface area (Å²) in [6.07, 6.45) is 0. The Morgan fingerprint density at radius 2 is 1.71 bits per heavy atom. The summed E-state index contributed by atoms with van der Waals surface area (Å²) < 4.78 is 0. The molecule has 1 heterocycles. The Morgan fingerprint density at radius 3 is 2.36 bits per heavy atom. The van der Waals surface area contributed by atoms with Crippen LogP contribution in [0, 0.1) is 0 Å². The number of nitrogens with one attached hydrogen (secondary N) is 3. The Labute approximate surface area is 78.8 Å². The molecular weight excluding hydrogens is 182 g/mol. The minimum atomic E-state index is -0.295. The van der Waals surface area contributed by atoms with E-state index in [-0.39, 0.29) is 11.1 Å². The van der Waals surface area contributed by atoms with Gasteiger partial charge in [0.1, 0.15) is 0 Å². The molecule has 0 atom stereocenters. The van der Waals surface area contributed by atoms with Crippen molar-refractivity contribution in [1.29, 1.82) is 0 Å². The maximum atomic E-state index is 11.3. The highest BCUT2D eigenvalue weighted by Gasteiger charge is 2.02. The van der Waals surface area contributed by atoms with Crippen molar-refractivity contribution < 1.29 is 0 Å². The number of rotatable bonds is 1. The number of anilines is 1. The van der Waals surface area contributed by atoms with Crippen LogP contribution < -0.4 is 16.4 Å². The molecule has 0 amide bonds. The van der Waals surface area contributed by atoms with E-state index in [1.54, 1.807) is 25.2 Å². The quantitative estimate of drug-likeness (QED) is 0.605. The smallest absolute Gasteiger partial charge is 0.270 e. The van der Waals surface area contributed by atoms with E-state index in [1.165, 1.54) is 0 Å². The van der Waals surface area contributed by atoms with Crippen LogP contribution in [0.2, 0.25) is 0 Å². The Bertz CT molecular complexity index is 582. The van der Waals surface area contributed by atoms with Gasteiger partial charge in [-0.1, -0.05) is 0 Å². The molecule has 0 unspecified atom stereocenters. The van der Waals surface area contributed by atoms with Crippen molar-refractivity contribution in [2.24, 2.45) is 0 Å². The fourth-order valence-electron chi connectivity index (χ4n) is 1.33. The van der Waals surface area contributed by atoms with Gasteiger partial charge in [-0.3, -0.25) is 19.8 Å². The number of fused-ring (bicyclic) bond motifs is 1. The van der Waals surface area contributed by atoms with Gasteiger partial charge < -0.3 is 5.32 Å². The first-order chi connectivity index (χ1) is 6.72. The van der Waals surface area contributed by atoms with Crippen molar-refractivity contribution in [3.05, 3.63) is 38.9 Å². The molecule has 72 valence electrons. The van der Waals surface area contributed by atoms with E-state index in [2.05, 4.69) is 15.5 Å². The van der Waals surface area contributed by atoms with Crippen molar-refractivity contribution in [1.82, 2.24) is 10.2 Å². The van der Waals surface area contributed by atoms with Gasteiger partial charge in [0.2, 0.25) is 0 Å². The molecule has 1 aromatic heterocycles. The van der Waals surface area contributed by atoms with Gasteiger partial charge in [0.05, 0.1) is 10.8 Å². The minimum Gasteiger partial charge on any atom is -0.388 e. The second-order valence-electron chi connectivity index (χ2n) is 2.92. The van der Waals surface area contributed by atoms with Gasteiger partial charge in [0.15, 0.2) is 0 Å². The Morgan fingerprint density at radius 1 is 1.07 bits per heavy atom. The van der Waals surface area contributed by atoms with Crippen LogP contribution in [0.1, 0.15) is 0 Å². The third-order valence-corrected chi connectivity index (χ3v) is 2.09. The van der Waals surface area contributed by atoms with Crippen molar-refractivity contribution in [3.63, 3.8) is 0 Å². The molecule has 0 aliphatic rings. The van der Waals surface area contributed by atoms with Crippen LogP contribution in [0.25, 0.3) is 10.8 Å². The molecule has 0 fully saturated rings. The van der Waals surface area contributed by atoms with Crippen molar-refractivity contribution >= 4 is 16.5 Å². The van der Waals surface area contributed by atoms with Gasteiger partial charge in [-0.15, -0.1) is 0 Å². The molecule has 0 spiro atoms. The summed E-state index contributed by atoms with van der Waals surface area (Å²) in [6, 6.07) is 5.01. The summed E-state index contributed by atoms with van der Waals surface area (Å²) >= 11 is 0. The van der Waals surface area contributed by atoms with E-state index in [0.717, 1.165) is 5.69 Å². The fraction of sp³-hybridized carbons (Fsp3) is 0.111. The zero-order valence-electron chi connectivity index (χ0n) is 7.55. The van der Waals surface area contributed by atoms with E-state index in [4.69, 9.17) is 0 Å². The molecule has 14 heavy (non-hydrogen) atoms. The number of aromatic nitrogens is 2. The first-order valence-electron chi connectivity index (χ1n) is 4.15. The van der Waals surface area contributed by atoms with Crippen molar-refractivity contribution in [2.45, 2.75) is 0 Å². The average Bonchev–Trinajstić information content (AvgIpc) is 2.23. The van der Waals surface area contributed by atoms with E-state index >= 15 is 0 Å². The molecule has 0 radical (unpaired) electrons. The molecule has 0 bridgehead atoms. The predicted molar refractivity (Wildman–Crippen MR) is 54.7 cm³/mol. The number of H-pyrrole nitrogens is 2. The number of hydrogen-bond donors (Lipinski definition) is 3. The highest BCUT2D eigenvalue weighted by atomic mass is 16.1. The topological polar surface area (TPSA) is 77.8 Å². The number of hydrogen-bond acceptors (Lipinski definition) is 3. The molecule has 5 nitrogen and oxygen atoms in total. The first-order valence-corrected chi connectivity index (χ1v) is 4.15. The minimum absolute atomic E-state index is 0.290. The molecule has 2 aromatic rings. The van der Waals surface area contributed by atoms with Gasteiger partial charge in [0, 0.05) is 12.7 Å². The summed E-state index contributed by atoms with van der Waals surface area (Å²) in [5.41, 5.74) is 0.215. The largest absolute Gasteiger partial charge is 0.388 e. The molecule has 0 aliphatic carbocycles. The maximum absolute atomic E-state index is 11.3. The lowest BCUT2D eigenvalue weighted by Gasteiger charge is -2.00. The molecule has 2 rings (SSSR count). The zero-order valence-corrected chi connectivity index (χ0v) is 7.55. The van der Waals surface area contributed by atoms with E-state index in [9.17, 15) is 9.59 Å². The summed E-state index contributed by atoms with van der Waals surface area (Å²) in [5, 5.41) is 8.23. The lowest BCUT2D eigenvalue weighted by atomic mass is 10.2. The van der Waals surface area contributed by atoms with Gasteiger partial charge in [-0.2, -0.15) is 0 Å². The highest BCUT2D eigenvalue weighted by Crippen LogP contribution is 2.11. The standard InChI is InChI=1S/C9H9N3O2/c1-10-5-2-3-6-7(4-5)9(14)12-11-8(6)13/h2-4,10H,1H3,(H,11,13)(H,12,14). The van der Waals surface area contributed by atoms with Gasteiger partial charge in [-0.05, 0) is 18.2 Å². The molecular formula is C9H9N3O2. The Hall–Kier alpha value is -2.04. The van der Waals surface area contributed by atoms with Crippen molar-refractivity contribution in [3.8, 4) is 0 Å². The van der Waals surface area contributed by atoms with E-state index in [0.29, 0.717) is 10.8 Å². The third kappa shape index (κ3) is 1.19. The van der Waals surface area contributed by atoms with Crippen LogP contribution in [-0.4, -0.2) is 17.2 Å². The predicted octanol–water partition coefficient (Wildman–Crippen LogP) is 0.258. The summed E-state index contributed by atoms with van der Waals surface area (Å²) in [5.74, 6) is 0. The van der Waals surface area contributed by atoms with Crippen LogP contribution >= 0.6 is 0 Å². The number of benzene rings is 1. The zero-order chi connectivity index (χ0) is 10.1. The second-order valence-corrected chi connectivity index (χ2v) is 2.92. The molecule has 5 heteroatoms. The second kappa shape index (κ2) is 3.02. The van der Waals surface area contributed by atoms with E-state index < -0.39 is 0 Å². The Kier molecular flexibility index (Phi) is 1.85. The normalized spacial score (nSPS) is 10.4. The monoisotopic (exact) mass is 191 g/mol. The molecule has 3 N–H and O–H groups in total. The summed E-state index contributed by atoms with van der Waals surface area (Å²) in [7, 11) is 1.75. The number of aromatic amines is 2. The lowest BCUT2D eigenvalue weighted by Crippen LogP contribution is -2.18. The molecule has 0 aliphatic heterocycles. The van der Waals surface area contributed by atoms with Crippen LogP contribution in [-0.2, 0) is 0 Å². The van der Waals surface area contributed by atoms with E-state index in [1.807, 2.05) is 0 Å². The highest BCUT2D eigenvalue weighted by molar-refractivity contribution is 5.83. The fourth-order valence-corrected chi connectivity index (χ4v) is 1.33. The summed E-state index contributed by atoms with van der Waals surface area (Å²) in [6.45, 7) is 0. The van der Waals surface area contributed by atoms with Crippen LogP contribution in [0.3, 0.4) is 0 Å². The molecule has 0 saturated heterocycles. The van der Waals surface area contributed by atoms with Crippen LogP contribution in [0.4, 0.5) is 5.69 Å². The first kappa shape index (κ1) is 8.55. The van der Waals surface area contributed by atoms with Crippen LogP contribution in [0.5, 0.6) is 0 Å². The Balaban J connectivity index is 2.94. The van der Waals surface area contributed by atoms with Gasteiger partial charge in [0.25, 0.3) is 11.1 Å². The SMILES string of the molecule is CNc1ccc2c(=O)[nH][nH]c(=O)c2c1.